The van der Waals surface area contributed by atoms with Crippen molar-refractivity contribution in [3.8, 4) is 0 Å². The van der Waals surface area contributed by atoms with Crippen molar-refractivity contribution in [3.63, 3.8) is 0 Å². The van der Waals surface area contributed by atoms with Crippen LogP contribution in [-0.2, 0) is 11.3 Å². The minimum Gasteiger partial charge on any atom is -0.381 e. The zero-order valence-electron chi connectivity index (χ0n) is 11.3. The number of nitrogens with one attached hydrogen (secondary N) is 2. The summed E-state index contributed by atoms with van der Waals surface area (Å²) in [6.07, 6.45) is 0.481. The Kier molecular flexibility index (Phi) is 5.18. The zero-order valence-corrected chi connectivity index (χ0v) is 12.9. The molecule has 2 rings (SSSR count). The molecule has 104 valence electrons. The van der Waals surface area contributed by atoms with Gasteiger partial charge in [-0.25, -0.2) is 0 Å². The van der Waals surface area contributed by atoms with E-state index in [-0.39, 0.29) is 5.91 Å². The van der Waals surface area contributed by atoms with Gasteiger partial charge in [-0.05, 0) is 29.8 Å². The topological polar surface area (TPSA) is 41.1 Å². The molecule has 0 saturated heterocycles. The van der Waals surface area contributed by atoms with Gasteiger partial charge in [0.1, 0.15) is 0 Å². The van der Waals surface area contributed by atoms with Gasteiger partial charge < -0.3 is 10.6 Å². The standard InChI is InChI=1S/C16H17BrN2O/c1-2-16(20)19-14-8-5-7-13(10-14)18-11-12-6-3-4-9-15(12)17/h3-10,18H,2,11H2,1H3,(H,19,20). The van der Waals surface area contributed by atoms with Crippen LogP contribution in [0.25, 0.3) is 0 Å². The highest BCUT2D eigenvalue weighted by Crippen LogP contribution is 2.19. The minimum atomic E-state index is 0.0213. The second kappa shape index (κ2) is 7.10. The molecule has 3 nitrogen and oxygen atoms in total. The van der Waals surface area contributed by atoms with Crippen molar-refractivity contribution in [1.29, 1.82) is 0 Å². The number of hydrogen-bond acceptors (Lipinski definition) is 2. The van der Waals surface area contributed by atoms with E-state index in [9.17, 15) is 4.79 Å². The molecule has 0 aromatic heterocycles. The molecule has 2 N–H and O–H groups in total. The van der Waals surface area contributed by atoms with E-state index >= 15 is 0 Å². The molecule has 4 heteroatoms. The van der Waals surface area contributed by atoms with Gasteiger partial charge in [0.2, 0.25) is 5.91 Å². The molecule has 1 amide bonds. The van der Waals surface area contributed by atoms with Crippen molar-refractivity contribution < 1.29 is 4.79 Å². The van der Waals surface area contributed by atoms with Gasteiger partial charge in [0, 0.05) is 28.8 Å². The molecule has 0 aliphatic carbocycles. The van der Waals surface area contributed by atoms with Crippen LogP contribution < -0.4 is 10.6 Å². The largest absolute Gasteiger partial charge is 0.381 e. The summed E-state index contributed by atoms with van der Waals surface area (Å²) in [5.41, 5.74) is 2.99. The Bertz CT molecular complexity index is 599. The first-order valence-electron chi connectivity index (χ1n) is 6.56. The molecule has 0 heterocycles. The van der Waals surface area contributed by atoms with Gasteiger partial charge in [-0.2, -0.15) is 0 Å². The number of hydrogen-bond donors (Lipinski definition) is 2. The summed E-state index contributed by atoms with van der Waals surface area (Å²) in [5.74, 6) is 0.0213. The lowest BCUT2D eigenvalue weighted by Crippen LogP contribution is -2.09. The molecule has 20 heavy (non-hydrogen) atoms. The average molecular weight is 333 g/mol. The summed E-state index contributed by atoms with van der Waals surface area (Å²) >= 11 is 3.53. The fraction of sp³-hybridized carbons (Fsp3) is 0.188. The van der Waals surface area contributed by atoms with Crippen LogP contribution in [-0.4, -0.2) is 5.91 Å². The summed E-state index contributed by atoms with van der Waals surface area (Å²) in [5, 5.41) is 6.21. The van der Waals surface area contributed by atoms with Crippen LogP contribution in [0.1, 0.15) is 18.9 Å². The second-order valence-corrected chi connectivity index (χ2v) is 5.28. The third-order valence-corrected chi connectivity index (χ3v) is 3.68. The zero-order chi connectivity index (χ0) is 14.4. The van der Waals surface area contributed by atoms with Crippen molar-refractivity contribution in [2.45, 2.75) is 19.9 Å². The number of benzene rings is 2. The van der Waals surface area contributed by atoms with Gasteiger partial charge in [0.05, 0.1) is 0 Å². The fourth-order valence-electron chi connectivity index (χ4n) is 1.80. The smallest absolute Gasteiger partial charge is 0.224 e. The Labute approximate surface area is 127 Å². The van der Waals surface area contributed by atoms with Crippen LogP contribution in [0.3, 0.4) is 0 Å². The molecule has 0 bridgehead atoms. The summed E-state index contributed by atoms with van der Waals surface area (Å²) in [4.78, 5) is 11.4. The van der Waals surface area contributed by atoms with Crippen LogP contribution in [0.5, 0.6) is 0 Å². The molecular weight excluding hydrogens is 316 g/mol. The maximum atomic E-state index is 11.4. The van der Waals surface area contributed by atoms with Gasteiger partial charge in [-0.3, -0.25) is 4.79 Å². The number of rotatable bonds is 5. The molecule has 0 aliphatic heterocycles. The normalized spacial score (nSPS) is 10.1. The van der Waals surface area contributed by atoms with Crippen molar-refractivity contribution in [2.75, 3.05) is 10.6 Å². The molecule has 0 unspecified atom stereocenters. The van der Waals surface area contributed by atoms with Crippen molar-refractivity contribution in [2.24, 2.45) is 0 Å². The van der Waals surface area contributed by atoms with Crippen LogP contribution in [0.4, 0.5) is 11.4 Å². The van der Waals surface area contributed by atoms with E-state index in [0.29, 0.717) is 6.42 Å². The second-order valence-electron chi connectivity index (χ2n) is 4.43. The quantitative estimate of drug-likeness (QED) is 0.851. The lowest BCUT2D eigenvalue weighted by Gasteiger charge is -2.10. The number of amides is 1. The predicted molar refractivity (Wildman–Crippen MR) is 86.8 cm³/mol. The summed E-state index contributed by atoms with van der Waals surface area (Å²) in [6.45, 7) is 2.57. The maximum absolute atomic E-state index is 11.4. The monoisotopic (exact) mass is 332 g/mol. The molecule has 0 fully saturated rings. The van der Waals surface area contributed by atoms with E-state index in [1.165, 1.54) is 5.56 Å². The van der Waals surface area contributed by atoms with E-state index in [0.717, 1.165) is 22.4 Å². The summed E-state index contributed by atoms with van der Waals surface area (Å²) < 4.78 is 1.09. The number of halogens is 1. The van der Waals surface area contributed by atoms with Crippen molar-refractivity contribution in [1.82, 2.24) is 0 Å². The first-order valence-corrected chi connectivity index (χ1v) is 7.35. The molecule has 0 saturated carbocycles. The van der Waals surface area contributed by atoms with E-state index in [1.807, 2.05) is 49.4 Å². The number of anilines is 2. The first kappa shape index (κ1) is 14.6. The average Bonchev–Trinajstić information content (AvgIpc) is 2.47. The van der Waals surface area contributed by atoms with E-state index in [1.54, 1.807) is 0 Å². The van der Waals surface area contributed by atoms with E-state index < -0.39 is 0 Å². The Balaban J connectivity index is 2.01. The molecule has 0 aliphatic rings. The lowest BCUT2D eigenvalue weighted by atomic mass is 10.2. The van der Waals surface area contributed by atoms with Gasteiger partial charge >= 0.3 is 0 Å². The molecule has 2 aromatic carbocycles. The highest BCUT2D eigenvalue weighted by atomic mass is 79.9. The van der Waals surface area contributed by atoms with E-state index in [4.69, 9.17) is 0 Å². The fourth-order valence-corrected chi connectivity index (χ4v) is 2.22. The highest BCUT2D eigenvalue weighted by Gasteiger charge is 2.01. The van der Waals surface area contributed by atoms with Gasteiger partial charge in [0.15, 0.2) is 0 Å². The molecule has 0 radical (unpaired) electrons. The van der Waals surface area contributed by atoms with Gasteiger partial charge in [0.25, 0.3) is 0 Å². The Morgan fingerprint density at radius 1 is 1.10 bits per heavy atom. The predicted octanol–water partition coefficient (Wildman–Crippen LogP) is 4.41. The van der Waals surface area contributed by atoms with Crippen LogP contribution >= 0.6 is 15.9 Å². The Morgan fingerprint density at radius 3 is 2.60 bits per heavy atom. The molecule has 2 aromatic rings. The minimum absolute atomic E-state index is 0.0213. The van der Waals surface area contributed by atoms with Gasteiger partial charge in [-0.15, -0.1) is 0 Å². The lowest BCUT2D eigenvalue weighted by molar-refractivity contribution is -0.115. The Morgan fingerprint density at radius 2 is 1.85 bits per heavy atom. The number of carbonyl (C=O) groups excluding carboxylic acids is 1. The van der Waals surface area contributed by atoms with Crippen LogP contribution in [0.2, 0.25) is 0 Å². The SMILES string of the molecule is CCC(=O)Nc1cccc(NCc2ccccc2Br)c1. The van der Waals surface area contributed by atoms with Crippen LogP contribution in [0, 0.1) is 0 Å². The first-order chi connectivity index (χ1) is 9.69. The van der Waals surface area contributed by atoms with Crippen molar-refractivity contribution in [3.05, 3.63) is 58.6 Å². The molecular formula is C16H17BrN2O. The highest BCUT2D eigenvalue weighted by molar-refractivity contribution is 9.10. The molecule has 0 spiro atoms. The molecule has 0 atom stereocenters. The number of carbonyl (C=O) groups is 1. The van der Waals surface area contributed by atoms with E-state index in [2.05, 4.69) is 32.6 Å². The third-order valence-electron chi connectivity index (χ3n) is 2.91. The Hall–Kier alpha value is -1.81. The maximum Gasteiger partial charge on any atom is 0.224 e. The third kappa shape index (κ3) is 4.10. The van der Waals surface area contributed by atoms with Gasteiger partial charge in [-0.1, -0.05) is 47.1 Å². The van der Waals surface area contributed by atoms with Crippen molar-refractivity contribution >= 4 is 33.2 Å². The van der Waals surface area contributed by atoms with Crippen LogP contribution in [0.15, 0.2) is 53.0 Å². The summed E-state index contributed by atoms with van der Waals surface area (Å²) in [6, 6.07) is 15.8. The summed E-state index contributed by atoms with van der Waals surface area (Å²) in [7, 11) is 0.